The average Bonchev–Trinajstić information content (AvgIpc) is 3.27. The van der Waals surface area contributed by atoms with Crippen molar-refractivity contribution in [3.8, 4) is 11.4 Å². The molecule has 2 saturated heterocycles. The molecule has 0 aliphatic carbocycles. The van der Waals surface area contributed by atoms with Crippen LogP contribution in [0, 0.1) is 5.92 Å². The van der Waals surface area contributed by atoms with Gasteiger partial charge in [-0.25, -0.2) is 4.98 Å². The number of halogens is 1. The first-order valence-electron chi connectivity index (χ1n) is 9.64. The summed E-state index contributed by atoms with van der Waals surface area (Å²) in [5.74, 6) is 0.544. The molecule has 1 spiro atoms. The third kappa shape index (κ3) is 3.35. The van der Waals surface area contributed by atoms with E-state index in [-0.39, 0.29) is 5.60 Å². The lowest BCUT2D eigenvalue weighted by Crippen LogP contribution is -2.41. The monoisotopic (exact) mass is 382 g/mol. The Labute approximate surface area is 163 Å². The summed E-state index contributed by atoms with van der Waals surface area (Å²) in [7, 11) is 0. The van der Waals surface area contributed by atoms with Crippen molar-refractivity contribution in [2.24, 2.45) is 5.92 Å². The highest BCUT2D eigenvalue weighted by Crippen LogP contribution is 2.38. The lowest BCUT2D eigenvalue weighted by atomic mass is 9.85. The van der Waals surface area contributed by atoms with Crippen LogP contribution in [0.25, 0.3) is 17.0 Å². The van der Waals surface area contributed by atoms with Crippen LogP contribution in [0.5, 0.6) is 0 Å². The maximum Gasteiger partial charge on any atom is 0.137 e. The van der Waals surface area contributed by atoms with E-state index in [9.17, 15) is 0 Å². The number of pyridine rings is 2. The van der Waals surface area contributed by atoms with Crippen LogP contribution in [0.3, 0.4) is 0 Å². The zero-order valence-corrected chi connectivity index (χ0v) is 16.0. The summed E-state index contributed by atoms with van der Waals surface area (Å²) < 4.78 is 8.24. The van der Waals surface area contributed by atoms with Crippen molar-refractivity contribution in [2.75, 3.05) is 19.7 Å². The van der Waals surface area contributed by atoms with Crippen molar-refractivity contribution in [2.45, 2.75) is 31.3 Å². The summed E-state index contributed by atoms with van der Waals surface area (Å²) in [6, 6.07) is 10.0. The quantitative estimate of drug-likeness (QED) is 0.749. The molecular formula is C21H23ClN4O. The van der Waals surface area contributed by atoms with Gasteiger partial charge in [-0.15, -0.1) is 0 Å². The van der Waals surface area contributed by atoms with Crippen LogP contribution in [-0.2, 0) is 11.2 Å². The minimum Gasteiger partial charge on any atom is -0.375 e. The molecule has 6 heteroatoms. The molecule has 1 N–H and O–H groups in total. The van der Waals surface area contributed by atoms with Gasteiger partial charge in [-0.2, -0.15) is 0 Å². The molecule has 3 aromatic rings. The van der Waals surface area contributed by atoms with E-state index >= 15 is 0 Å². The summed E-state index contributed by atoms with van der Waals surface area (Å²) in [5.41, 5.74) is 3.98. The fourth-order valence-corrected chi connectivity index (χ4v) is 4.64. The number of nitrogens with zero attached hydrogens (tertiary/aromatic N) is 3. The number of hydrogen-bond donors (Lipinski definition) is 1. The fourth-order valence-electron chi connectivity index (χ4n) is 4.48. The van der Waals surface area contributed by atoms with Crippen molar-refractivity contribution in [3.63, 3.8) is 0 Å². The highest BCUT2D eigenvalue weighted by atomic mass is 35.5. The van der Waals surface area contributed by atoms with Crippen LogP contribution >= 0.6 is 11.6 Å². The van der Waals surface area contributed by atoms with Crippen LogP contribution < -0.4 is 5.32 Å². The second kappa shape index (κ2) is 6.89. The molecule has 0 radical (unpaired) electrons. The first kappa shape index (κ1) is 17.2. The summed E-state index contributed by atoms with van der Waals surface area (Å²) in [6.45, 7) is 2.98. The van der Waals surface area contributed by atoms with Gasteiger partial charge in [0.05, 0.1) is 34.8 Å². The Bertz CT molecular complexity index is 964. The van der Waals surface area contributed by atoms with Crippen LogP contribution in [0.4, 0.5) is 0 Å². The first-order valence-corrected chi connectivity index (χ1v) is 10.0. The lowest BCUT2D eigenvalue weighted by molar-refractivity contribution is -0.0196. The molecule has 2 fully saturated rings. The Morgan fingerprint density at radius 2 is 2.11 bits per heavy atom. The van der Waals surface area contributed by atoms with Gasteiger partial charge >= 0.3 is 0 Å². The Morgan fingerprint density at radius 3 is 3.00 bits per heavy atom. The molecule has 2 aliphatic heterocycles. The van der Waals surface area contributed by atoms with Crippen molar-refractivity contribution in [1.29, 1.82) is 0 Å². The predicted molar refractivity (Wildman–Crippen MR) is 106 cm³/mol. The predicted octanol–water partition coefficient (Wildman–Crippen LogP) is 3.75. The molecule has 2 aliphatic rings. The summed E-state index contributed by atoms with van der Waals surface area (Å²) in [5, 5.41) is 4.12. The molecule has 0 unspecified atom stereocenters. The third-order valence-corrected chi connectivity index (χ3v) is 6.06. The number of imidazole rings is 1. The summed E-state index contributed by atoms with van der Waals surface area (Å²) in [4.78, 5) is 9.38. The molecule has 140 valence electrons. The number of nitrogens with one attached hydrogen (secondary N) is 1. The molecule has 5 rings (SSSR count). The maximum absolute atomic E-state index is 6.24. The zero-order valence-electron chi connectivity index (χ0n) is 15.2. The van der Waals surface area contributed by atoms with Crippen LogP contribution in [0.15, 0.2) is 42.7 Å². The van der Waals surface area contributed by atoms with E-state index in [0.717, 1.165) is 68.1 Å². The van der Waals surface area contributed by atoms with Gasteiger partial charge in [0.1, 0.15) is 5.65 Å². The average molecular weight is 383 g/mol. The molecule has 5 nitrogen and oxygen atoms in total. The number of hydrogen-bond acceptors (Lipinski definition) is 4. The number of fused-ring (bicyclic) bond motifs is 1. The Balaban J connectivity index is 1.37. The van der Waals surface area contributed by atoms with Crippen molar-refractivity contribution in [3.05, 3.63) is 53.4 Å². The van der Waals surface area contributed by atoms with Gasteiger partial charge in [0.2, 0.25) is 0 Å². The minimum absolute atomic E-state index is 0.103. The maximum atomic E-state index is 6.24. The second-order valence-corrected chi connectivity index (χ2v) is 8.19. The number of ether oxygens (including phenoxy) is 1. The van der Waals surface area contributed by atoms with E-state index in [0.29, 0.717) is 10.9 Å². The molecule has 0 aromatic carbocycles. The number of piperidine rings is 1. The van der Waals surface area contributed by atoms with Crippen molar-refractivity contribution >= 4 is 17.2 Å². The van der Waals surface area contributed by atoms with E-state index in [4.69, 9.17) is 21.3 Å². The molecule has 1 atom stereocenters. The van der Waals surface area contributed by atoms with E-state index in [1.165, 1.54) is 0 Å². The van der Waals surface area contributed by atoms with Crippen LogP contribution in [0.1, 0.15) is 25.0 Å². The number of rotatable bonds is 3. The van der Waals surface area contributed by atoms with Crippen LogP contribution in [-0.4, -0.2) is 39.7 Å². The largest absolute Gasteiger partial charge is 0.375 e. The first-order chi connectivity index (χ1) is 13.2. The summed E-state index contributed by atoms with van der Waals surface area (Å²) >= 11 is 6.16. The summed E-state index contributed by atoms with van der Waals surface area (Å²) in [6.07, 6.45) is 8.10. The second-order valence-electron chi connectivity index (χ2n) is 7.75. The van der Waals surface area contributed by atoms with Gasteiger partial charge in [0.15, 0.2) is 0 Å². The normalized spacial score (nSPS) is 21.9. The molecular weight excluding hydrogens is 360 g/mol. The Hall–Kier alpha value is -1.95. The van der Waals surface area contributed by atoms with Crippen molar-refractivity contribution < 1.29 is 4.74 Å². The molecule has 27 heavy (non-hydrogen) atoms. The van der Waals surface area contributed by atoms with Crippen LogP contribution in [0.2, 0.25) is 5.02 Å². The standard InChI is InChI=1S/C21H23ClN4O/c22-16-4-5-20-24-12-19(26(20)13-16)18-3-1-2-17(25-18)10-15-11-21(27-14-15)6-8-23-9-7-21/h1-5,12-13,15,23H,6-11,14H2/t15-/m1/s1. The molecule has 0 bridgehead atoms. The smallest absolute Gasteiger partial charge is 0.137 e. The minimum atomic E-state index is 0.103. The number of aromatic nitrogens is 3. The van der Waals surface area contributed by atoms with Gasteiger partial charge in [0, 0.05) is 11.9 Å². The highest BCUT2D eigenvalue weighted by Gasteiger charge is 2.41. The van der Waals surface area contributed by atoms with Gasteiger partial charge in [-0.3, -0.25) is 9.38 Å². The van der Waals surface area contributed by atoms with E-state index in [1.807, 2.05) is 35.0 Å². The van der Waals surface area contributed by atoms with Gasteiger partial charge in [-0.05, 0) is 69.0 Å². The van der Waals surface area contributed by atoms with Gasteiger partial charge < -0.3 is 10.1 Å². The third-order valence-electron chi connectivity index (χ3n) is 5.84. The molecule has 3 aromatic heterocycles. The highest BCUT2D eigenvalue weighted by molar-refractivity contribution is 6.30. The Kier molecular flexibility index (Phi) is 4.38. The van der Waals surface area contributed by atoms with Gasteiger partial charge in [-0.1, -0.05) is 17.7 Å². The van der Waals surface area contributed by atoms with E-state index in [2.05, 4.69) is 22.4 Å². The topological polar surface area (TPSA) is 51.5 Å². The zero-order chi connectivity index (χ0) is 18.3. The molecule has 0 saturated carbocycles. The van der Waals surface area contributed by atoms with Gasteiger partial charge in [0.25, 0.3) is 0 Å². The lowest BCUT2D eigenvalue weighted by Gasteiger charge is -2.33. The SMILES string of the molecule is Clc1ccc2ncc(-c3cccc(C[C@H]4COC5(CCNCC5)C4)n3)n2c1. The van der Waals surface area contributed by atoms with E-state index in [1.54, 1.807) is 0 Å². The fraction of sp³-hybridized carbons (Fsp3) is 0.429. The Morgan fingerprint density at radius 1 is 1.22 bits per heavy atom. The molecule has 5 heterocycles. The van der Waals surface area contributed by atoms with Crippen molar-refractivity contribution in [1.82, 2.24) is 19.7 Å². The van der Waals surface area contributed by atoms with E-state index < -0.39 is 0 Å². The molecule has 0 amide bonds.